The van der Waals surface area contributed by atoms with Crippen molar-refractivity contribution < 1.29 is 8.42 Å². The number of nitrogens with one attached hydrogen (secondary N) is 1. The van der Waals surface area contributed by atoms with Gasteiger partial charge in [0, 0.05) is 45.3 Å². The van der Waals surface area contributed by atoms with Gasteiger partial charge in [0.15, 0.2) is 0 Å². The van der Waals surface area contributed by atoms with Gasteiger partial charge in [-0.1, -0.05) is 30.3 Å². The molecule has 1 aliphatic rings. The highest BCUT2D eigenvalue weighted by Gasteiger charge is 2.32. The monoisotopic (exact) mass is 363 g/mol. The summed E-state index contributed by atoms with van der Waals surface area (Å²) in [5.41, 5.74) is 7.25. The van der Waals surface area contributed by atoms with Gasteiger partial charge in [-0.2, -0.15) is 5.10 Å². The normalized spacial score (nSPS) is 21.7. The lowest BCUT2D eigenvalue weighted by molar-refractivity contribution is 0.329. The number of nitrogens with zero attached hydrogens (tertiary/aromatic N) is 3. The maximum atomic E-state index is 12.2. The summed E-state index contributed by atoms with van der Waals surface area (Å²) in [6.45, 7) is 3.47. The van der Waals surface area contributed by atoms with E-state index in [4.69, 9.17) is 5.73 Å². The lowest BCUT2D eigenvalue weighted by Gasteiger charge is -2.17. The lowest BCUT2D eigenvalue weighted by Crippen LogP contribution is -2.34. The van der Waals surface area contributed by atoms with E-state index in [9.17, 15) is 8.42 Å². The maximum Gasteiger partial charge on any atom is 0.243 e. The number of aryl methyl sites for hydroxylation is 1. The molecular formula is C17H25N5O2S. The average Bonchev–Trinajstić information content (AvgIpc) is 3.22. The molecule has 2 aromatic rings. The number of nitrogens with two attached hydrogens (primary N) is 1. The Kier molecular flexibility index (Phi) is 5.53. The standard InChI is InChI=1S/C17H25N5O2S/c1-21-12-16(10-19-21)25(23,24)20-7-8-22-11-15(9-18)17(13-22)14-5-3-2-4-6-14/h2-6,10,12,15,17,20H,7-9,11,13,18H2,1H3/t15-,17+/m1/s1. The van der Waals surface area contributed by atoms with E-state index in [-0.39, 0.29) is 4.90 Å². The van der Waals surface area contributed by atoms with Gasteiger partial charge in [-0.3, -0.25) is 4.68 Å². The largest absolute Gasteiger partial charge is 0.330 e. The van der Waals surface area contributed by atoms with Crippen molar-refractivity contribution in [1.29, 1.82) is 0 Å². The first-order valence-electron chi connectivity index (χ1n) is 8.45. The van der Waals surface area contributed by atoms with Crippen molar-refractivity contribution in [2.75, 3.05) is 32.7 Å². The Morgan fingerprint density at radius 3 is 2.68 bits per heavy atom. The Morgan fingerprint density at radius 1 is 1.28 bits per heavy atom. The maximum absolute atomic E-state index is 12.2. The molecule has 0 saturated carbocycles. The van der Waals surface area contributed by atoms with Crippen LogP contribution in [0.5, 0.6) is 0 Å². The molecule has 3 rings (SSSR count). The fourth-order valence-electron chi connectivity index (χ4n) is 3.42. The van der Waals surface area contributed by atoms with Crippen molar-refractivity contribution in [3.8, 4) is 0 Å². The summed E-state index contributed by atoms with van der Waals surface area (Å²) < 4.78 is 28.6. The highest BCUT2D eigenvalue weighted by molar-refractivity contribution is 7.89. The third-order valence-corrected chi connectivity index (χ3v) is 6.17. The highest BCUT2D eigenvalue weighted by atomic mass is 32.2. The Hall–Kier alpha value is -1.74. The molecule has 1 aromatic heterocycles. The molecule has 136 valence electrons. The molecule has 1 aromatic carbocycles. The highest BCUT2D eigenvalue weighted by Crippen LogP contribution is 2.31. The van der Waals surface area contributed by atoms with Crippen LogP contribution in [0.15, 0.2) is 47.6 Å². The van der Waals surface area contributed by atoms with Crippen LogP contribution in [0.4, 0.5) is 0 Å². The second kappa shape index (κ2) is 7.65. The van der Waals surface area contributed by atoms with Crippen molar-refractivity contribution in [3.63, 3.8) is 0 Å². The van der Waals surface area contributed by atoms with Gasteiger partial charge in [0.05, 0.1) is 6.20 Å². The number of aromatic nitrogens is 2. The lowest BCUT2D eigenvalue weighted by atomic mass is 9.89. The van der Waals surface area contributed by atoms with Crippen LogP contribution >= 0.6 is 0 Å². The van der Waals surface area contributed by atoms with E-state index in [1.807, 2.05) is 18.2 Å². The molecule has 1 fully saturated rings. The minimum atomic E-state index is -3.50. The van der Waals surface area contributed by atoms with Gasteiger partial charge >= 0.3 is 0 Å². The molecule has 1 aliphatic heterocycles. The second-order valence-corrected chi connectivity index (χ2v) is 8.29. The third-order valence-electron chi connectivity index (χ3n) is 4.76. The van der Waals surface area contributed by atoms with Crippen LogP contribution < -0.4 is 10.5 Å². The molecule has 0 radical (unpaired) electrons. The molecule has 7 nitrogen and oxygen atoms in total. The van der Waals surface area contributed by atoms with Crippen LogP contribution in [0, 0.1) is 5.92 Å². The summed E-state index contributed by atoms with van der Waals surface area (Å²) in [5, 5.41) is 3.91. The van der Waals surface area contributed by atoms with Crippen molar-refractivity contribution in [1.82, 2.24) is 19.4 Å². The predicted octanol–water partition coefficient (Wildman–Crippen LogP) is 0.373. The number of likely N-dealkylation sites (tertiary alicyclic amines) is 1. The fraction of sp³-hybridized carbons (Fsp3) is 0.471. The van der Waals surface area contributed by atoms with Crippen LogP contribution in [0.2, 0.25) is 0 Å². The quantitative estimate of drug-likeness (QED) is 0.741. The van der Waals surface area contributed by atoms with E-state index < -0.39 is 10.0 Å². The molecule has 0 spiro atoms. The van der Waals surface area contributed by atoms with Gasteiger partial charge in [-0.05, 0) is 18.0 Å². The fourth-order valence-corrected chi connectivity index (χ4v) is 4.42. The molecule has 2 heterocycles. The number of rotatable bonds is 7. The zero-order valence-electron chi connectivity index (χ0n) is 14.4. The first kappa shape index (κ1) is 18.1. The summed E-state index contributed by atoms with van der Waals surface area (Å²) >= 11 is 0. The van der Waals surface area contributed by atoms with Crippen molar-refractivity contribution >= 4 is 10.0 Å². The third kappa shape index (κ3) is 4.27. The van der Waals surface area contributed by atoms with E-state index in [1.165, 1.54) is 22.6 Å². The number of hydrogen-bond donors (Lipinski definition) is 2. The van der Waals surface area contributed by atoms with E-state index in [0.717, 1.165) is 13.1 Å². The number of benzene rings is 1. The summed E-state index contributed by atoms with van der Waals surface area (Å²) in [5.74, 6) is 0.804. The summed E-state index contributed by atoms with van der Waals surface area (Å²) in [7, 11) is -1.81. The first-order valence-corrected chi connectivity index (χ1v) is 9.93. The first-order chi connectivity index (χ1) is 12.0. The summed E-state index contributed by atoms with van der Waals surface area (Å²) in [4.78, 5) is 2.47. The second-order valence-electron chi connectivity index (χ2n) is 6.52. The Balaban J connectivity index is 1.56. The van der Waals surface area contributed by atoms with Crippen molar-refractivity contribution in [2.45, 2.75) is 10.8 Å². The summed E-state index contributed by atoms with van der Waals surface area (Å²) in [6.07, 6.45) is 2.85. The van der Waals surface area contributed by atoms with Gasteiger partial charge in [0.2, 0.25) is 10.0 Å². The van der Waals surface area contributed by atoms with Crippen LogP contribution in [0.25, 0.3) is 0 Å². The molecule has 0 bridgehead atoms. The molecule has 0 aliphatic carbocycles. The molecule has 2 atom stereocenters. The van der Waals surface area contributed by atoms with Gasteiger partial charge < -0.3 is 10.6 Å². The Bertz CT molecular complexity index is 790. The topological polar surface area (TPSA) is 93.2 Å². The number of hydrogen-bond acceptors (Lipinski definition) is 5. The molecule has 1 saturated heterocycles. The minimum absolute atomic E-state index is 0.193. The minimum Gasteiger partial charge on any atom is -0.330 e. The van der Waals surface area contributed by atoms with E-state index in [0.29, 0.717) is 31.5 Å². The van der Waals surface area contributed by atoms with Gasteiger partial charge in [0.25, 0.3) is 0 Å². The van der Waals surface area contributed by atoms with E-state index in [1.54, 1.807) is 7.05 Å². The van der Waals surface area contributed by atoms with Crippen molar-refractivity contribution in [2.24, 2.45) is 18.7 Å². The SMILES string of the molecule is Cn1cc(S(=O)(=O)NCCN2C[C@@H](CN)[C@H](c3ccccc3)C2)cn1. The Labute approximate surface area is 148 Å². The van der Waals surface area contributed by atoms with Crippen LogP contribution in [-0.4, -0.2) is 55.8 Å². The van der Waals surface area contributed by atoms with Crippen molar-refractivity contribution in [3.05, 3.63) is 48.3 Å². The summed E-state index contributed by atoms with van der Waals surface area (Å²) in [6, 6.07) is 10.4. The van der Waals surface area contributed by atoms with Crippen LogP contribution in [0.3, 0.4) is 0 Å². The molecule has 25 heavy (non-hydrogen) atoms. The molecule has 3 N–H and O–H groups in total. The average molecular weight is 363 g/mol. The smallest absolute Gasteiger partial charge is 0.243 e. The van der Waals surface area contributed by atoms with Gasteiger partial charge in [0.1, 0.15) is 4.90 Å². The van der Waals surface area contributed by atoms with E-state index in [2.05, 4.69) is 26.9 Å². The predicted molar refractivity (Wildman–Crippen MR) is 96.6 cm³/mol. The molecule has 0 amide bonds. The van der Waals surface area contributed by atoms with Crippen LogP contribution in [0.1, 0.15) is 11.5 Å². The molecule has 0 unspecified atom stereocenters. The van der Waals surface area contributed by atoms with Crippen LogP contribution in [-0.2, 0) is 17.1 Å². The zero-order chi connectivity index (χ0) is 17.9. The number of sulfonamides is 1. The van der Waals surface area contributed by atoms with E-state index >= 15 is 0 Å². The van der Waals surface area contributed by atoms with Gasteiger partial charge in [-0.25, -0.2) is 13.1 Å². The molecule has 8 heteroatoms. The van der Waals surface area contributed by atoms with Gasteiger partial charge in [-0.15, -0.1) is 0 Å². The Morgan fingerprint density at radius 2 is 2.04 bits per heavy atom. The molecular weight excluding hydrogens is 338 g/mol. The zero-order valence-corrected chi connectivity index (χ0v) is 15.2.